The Kier molecular flexibility index (Phi) is 5.56. The van der Waals surface area contributed by atoms with Crippen molar-refractivity contribution in [2.75, 3.05) is 6.54 Å². The first-order valence-electron chi connectivity index (χ1n) is 10.0. The van der Waals surface area contributed by atoms with Crippen molar-refractivity contribution in [2.45, 2.75) is 25.3 Å². The van der Waals surface area contributed by atoms with Gasteiger partial charge < -0.3 is 5.32 Å². The van der Waals surface area contributed by atoms with Gasteiger partial charge in [0.05, 0.1) is 17.9 Å². The maximum atomic E-state index is 12.7. The Morgan fingerprint density at radius 1 is 0.862 bits per heavy atom. The maximum Gasteiger partial charge on any atom is 0.233 e. The number of amides is 3. The van der Waals surface area contributed by atoms with Crippen molar-refractivity contribution in [1.29, 1.82) is 0 Å². The lowest BCUT2D eigenvalue weighted by molar-refractivity contribution is -0.140. The summed E-state index contributed by atoms with van der Waals surface area (Å²) in [6.45, 7) is 0.132. The molecule has 0 radical (unpaired) electrons. The Hall–Kier alpha value is -3.21. The summed E-state index contributed by atoms with van der Waals surface area (Å²) < 4.78 is 0. The van der Waals surface area contributed by atoms with E-state index in [1.54, 1.807) is 0 Å². The van der Waals surface area contributed by atoms with Crippen LogP contribution < -0.4 is 5.32 Å². The number of hydrogen-bond acceptors (Lipinski definition) is 3. The van der Waals surface area contributed by atoms with Crippen LogP contribution >= 0.6 is 0 Å². The van der Waals surface area contributed by atoms with Gasteiger partial charge in [0.15, 0.2) is 0 Å². The molecule has 1 aliphatic carbocycles. The van der Waals surface area contributed by atoms with Gasteiger partial charge >= 0.3 is 0 Å². The third kappa shape index (κ3) is 3.99. The zero-order valence-corrected chi connectivity index (χ0v) is 16.2. The van der Waals surface area contributed by atoms with E-state index in [9.17, 15) is 14.4 Å². The SMILES string of the molecule is O=C(CCN1C(=O)[C@H]2CC=CC[C@@H]2C1=O)NC(c1ccccc1)c1ccccc1. The number of nitrogens with one attached hydrogen (secondary N) is 1. The van der Waals surface area contributed by atoms with Crippen molar-refractivity contribution in [1.82, 2.24) is 10.2 Å². The summed E-state index contributed by atoms with van der Waals surface area (Å²) in [5.74, 6) is -0.968. The molecule has 0 bridgehead atoms. The molecule has 4 rings (SSSR count). The number of nitrogens with zero attached hydrogens (tertiary/aromatic N) is 1. The first-order chi connectivity index (χ1) is 14.1. The van der Waals surface area contributed by atoms with Crippen molar-refractivity contribution in [2.24, 2.45) is 11.8 Å². The van der Waals surface area contributed by atoms with Gasteiger partial charge in [-0.1, -0.05) is 72.8 Å². The van der Waals surface area contributed by atoms with Crippen LogP contribution in [0.15, 0.2) is 72.8 Å². The number of benzene rings is 2. The highest BCUT2D eigenvalue weighted by atomic mass is 16.2. The number of hydrogen-bond donors (Lipinski definition) is 1. The summed E-state index contributed by atoms with van der Waals surface area (Å²) in [7, 11) is 0. The zero-order valence-electron chi connectivity index (χ0n) is 16.2. The minimum absolute atomic E-state index is 0.0977. The molecule has 0 aromatic heterocycles. The zero-order chi connectivity index (χ0) is 20.2. The molecule has 1 saturated heterocycles. The van der Waals surface area contributed by atoms with Crippen molar-refractivity contribution in [3.63, 3.8) is 0 Å². The van der Waals surface area contributed by atoms with Gasteiger partial charge in [0, 0.05) is 13.0 Å². The van der Waals surface area contributed by atoms with Gasteiger partial charge in [-0.05, 0) is 24.0 Å². The second-order valence-electron chi connectivity index (χ2n) is 7.56. The fourth-order valence-electron chi connectivity index (χ4n) is 4.19. The third-order valence-electron chi connectivity index (χ3n) is 5.73. The first kappa shape index (κ1) is 19.1. The van der Waals surface area contributed by atoms with E-state index in [4.69, 9.17) is 0 Å². The molecule has 0 saturated carbocycles. The van der Waals surface area contributed by atoms with Gasteiger partial charge in [0.1, 0.15) is 0 Å². The molecule has 3 amide bonds. The predicted molar refractivity (Wildman–Crippen MR) is 110 cm³/mol. The summed E-state index contributed by atoms with van der Waals surface area (Å²) in [4.78, 5) is 39.1. The van der Waals surface area contributed by atoms with Crippen LogP contribution in [0.25, 0.3) is 0 Å². The predicted octanol–water partition coefficient (Wildman–Crippen LogP) is 3.23. The van der Waals surface area contributed by atoms with Crippen LogP contribution in [0.4, 0.5) is 0 Å². The molecular formula is C24H24N2O3. The quantitative estimate of drug-likeness (QED) is 0.610. The second kappa shape index (κ2) is 8.43. The third-order valence-corrected chi connectivity index (χ3v) is 5.73. The van der Waals surface area contributed by atoms with Crippen LogP contribution in [0, 0.1) is 11.8 Å². The van der Waals surface area contributed by atoms with Gasteiger partial charge in [-0.15, -0.1) is 0 Å². The molecule has 2 aliphatic rings. The van der Waals surface area contributed by atoms with E-state index in [1.807, 2.05) is 72.8 Å². The monoisotopic (exact) mass is 388 g/mol. The normalized spacial score (nSPS) is 20.8. The minimum Gasteiger partial charge on any atom is -0.345 e. The van der Waals surface area contributed by atoms with Crippen molar-refractivity contribution in [3.8, 4) is 0 Å². The topological polar surface area (TPSA) is 66.5 Å². The molecule has 1 heterocycles. The molecule has 2 atom stereocenters. The lowest BCUT2D eigenvalue weighted by atomic mass is 9.85. The summed E-state index contributed by atoms with van der Waals surface area (Å²) in [6, 6.07) is 19.3. The molecule has 0 unspecified atom stereocenters. The average molecular weight is 388 g/mol. The van der Waals surface area contributed by atoms with Crippen LogP contribution in [0.1, 0.15) is 36.4 Å². The lowest BCUT2D eigenvalue weighted by Gasteiger charge is -2.21. The molecule has 1 aliphatic heterocycles. The Morgan fingerprint density at radius 2 is 1.34 bits per heavy atom. The van der Waals surface area contributed by atoms with Crippen LogP contribution in [0.5, 0.6) is 0 Å². The number of rotatable bonds is 6. The number of allylic oxidation sites excluding steroid dienone is 2. The molecule has 0 spiro atoms. The van der Waals surface area contributed by atoms with E-state index in [1.165, 1.54) is 4.90 Å². The van der Waals surface area contributed by atoms with Gasteiger partial charge in [-0.3, -0.25) is 19.3 Å². The molecule has 2 aromatic carbocycles. The Labute approximate surface area is 170 Å². The largest absolute Gasteiger partial charge is 0.345 e. The van der Waals surface area contributed by atoms with Crippen molar-refractivity contribution in [3.05, 3.63) is 83.9 Å². The van der Waals surface area contributed by atoms with E-state index in [-0.39, 0.29) is 48.6 Å². The summed E-state index contributed by atoms with van der Waals surface area (Å²) in [5.41, 5.74) is 1.97. The van der Waals surface area contributed by atoms with E-state index in [0.29, 0.717) is 12.8 Å². The van der Waals surface area contributed by atoms with Crippen molar-refractivity contribution >= 4 is 17.7 Å². The molecule has 1 N–H and O–H groups in total. The van der Waals surface area contributed by atoms with E-state index < -0.39 is 0 Å². The number of imide groups is 1. The molecule has 29 heavy (non-hydrogen) atoms. The van der Waals surface area contributed by atoms with Crippen LogP contribution in [0.2, 0.25) is 0 Å². The van der Waals surface area contributed by atoms with Gasteiger partial charge in [-0.25, -0.2) is 0 Å². The van der Waals surface area contributed by atoms with Crippen LogP contribution in [-0.4, -0.2) is 29.2 Å². The summed E-state index contributed by atoms with van der Waals surface area (Å²) >= 11 is 0. The molecular weight excluding hydrogens is 364 g/mol. The van der Waals surface area contributed by atoms with E-state index >= 15 is 0 Å². The summed E-state index contributed by atoms with van der Waals surface area (Å²) in [5, 5.41) is 3.07. The minimum atomic E-state index is -0.276. The molecule has 148 valence electrons. The van der Waals surface area contributed by atoms with Gasteiger partial charge in [0.25, 0.3) is 0 Å². The van der Waals surface area contributed by atoms with Crippen molar-refractivity contribution < 1.29 is 14.4 Å². The molecule has 2 aromatic rings. The number of carbonyl (C=O) groups is 3. The Morgan fingerprint density at radius 3 is 1.83 bits per heavy atom. The van der Waals surface area contributed by atoms with Crippen LogP contribution in [-0.2, 0) is 14.4 Å². The van der Waals surface area contributed by atoms with Crippen LogP contribution in [0.3, 0.4) is 0 Å². The summed E-state index contributed by atoms with van der Waals surface area (Å²) in [6.07, 6.45) is 5.25. The smallest absolute Gasteiger partial charge is 0.233 e. The Balaban J connectivity index is 1.43. The van der Waals surface area contributed by atoms with E-state index in [0.717, 1.165) is 11.1 Å². The molecule has 5 nitrogen and oxygen atoms in total. The van der Waals surface area contributed by atoms with Gasteiger partial charge in [0.2, 0.25) is 17.7 Å². The number of likely N-dealkylation sites (tertiary alicyclic amines) is 1. The lowest BCUT2D eigenvalue weighted by Crippen LogP contribution is -2.36. The first-order valence-corrected chi connectivity index (χ1v) is 10.0. The highest BCUT2D eigenvalue weighted by Crippen LogP contribution is 2.35. The fourth-order valence-corrected chi connectivity index (χ4v) is 4.19. The van der Waals surface area contributed by atoms with Gasteiger partial charge in [-0.2, -0.15) is 0 Å². The van der Waals surface area contributed by atoms with E-state index in [2.05, 4.69) is 5.32 Å². The molecule has 1 fully saturated rings. The average Bonchev–Trinajstić information content (AvgIpc) is 3.02. The number of carbonyl (C=O) groups excluding carboxylic acids is 3. The Bertz CT molecular complexity index is 858. The highest BCUT2D eigenvalue weighted by molar-refractivity contribution is 6.05. The number of fused-ring (bicyclic) bond motifs is 1. The standard InChI is InChI=1S/C24H24N2O3/c27-21(15-16-26-23(28)19-13-7-8-14-20(19)24(26)29)25-22(17-9-3-1-4-10-17)18-11-5-2-6-12-18/h1-12,19-20,22H,13-16H2,(H,25,27)/t19-,20-/m0/s1. The maximum absolute atomic E-state index is 12.7. The molecule has 5 heteroatoms. The second-order valence-corrected chi connectivity index (χ2v) is 7.56. The fraction of sp³-hybridized carbons (Fsp3) is 0.292. The highest BCUT2D eigenvalue weighted by Gasteiger charge is 2.46.